The van der Waals surface area contributed by atoms with Gasteiger partial charge in [-0.3, -0.25) is 9.36 Å². The Morgan fingerprint density at radius 2 is 1.55 bits per heavy atom. The highest BCUT2D eigenvalue weighted by Crippen LogP contribution is 2.32. The number of nitrogen functional groups attached to an aromatic ring is 1. The van der Waals surface area contributed by atoms with Gasteiger partial charge in [0.15, 0.2) is 11.5 Å². The van der Waals surface area contributed by atoms with Gasteiger partial charge in [0.1, 0.15) is 11.3 Å². The number of fused-ring (bicyclic) bond motifs is 1. The van der Waals surface area contributed by atoms with Gasteiger partial charge in [-0.1, -0.05) is 60.7 Å². The highest BCUT2D eigenvalue weighted by Gasteiger charge is 2.19. The number of benzene rings is 3. The van der Waals surface area contributed by atoms with E-state index in [9.17, 15) is 4.79 Å². The first-order valence-corrected chi connectivity index (χ1v) is 12.2. The van der Waals surface area contributed by atoms with Crippen molar-refractivity contribution in [3.63, 3.8) is 0 Å². The molecule has 0 atom stereocenters. The summed E-state index contributed by atoms with van der Waals surface area (Å²) in [5.41, 5.74) is 19.3. The van der Waals surface area contributed by atoms with Crippen molar-refractivity contribution in [3.8, 4) is 28.3 Å². The molecule has 3 aromatic carbocycles. The van der Waals surface area contributed by atoms with Crippen LogP contribution in [-0.2, 0) is 6.42 Å². The van der Waals surface area contributed by atoms with Crippen LogP contribution in [0.25, 0.3) is 39.5 Å². The van der Waals surface area contributed by atoms with E-state index in [2.05, 4.69) is 4.98 Å². The summed E-state index contributed by atoms with van der Waals surface area (Å²) in [6.07, 6.45) is 2.25. The van der Waals surface area contributed by atoms with E-state index in [1.165, 1.54) is 0 Å². The van der Waals surface area contributed by atoms with Crippen molar-refractivity contribution >= 4 is 22.9 Å². The molecular formula is C31H24N6O. The summed E-state index contributed by atoms with van der Waals surface area (Å²) in [7, 11) is 0. The summed E-state index contributed by atoms with van der Waals surface area (Å²) in [5, 5.41) is 0. The average molecular weight is 497 g/mol. The van der Waals surface area contributed by atoms with Crippen LogP contribution in [0.1, 0.15) is 21.5 Å². The Labute approximate surface area is 219 Å². The lowest BCUT2D eigenvalue weighted by atomic mass is 9.99. The van der Waals surface area contributed by atoms with Gasteiger partial charge in [0, 0.05) is 23.0 Å². The number of hydrogen-bond donors (Lipinski definition) is 2. The van der Waals surface area contributed by atoms with Gasteiger partial charge in [-0.25, -0.2) is 15.0 Å². The minimum Gasteiger partial charge on any atom is -0.383 e. The van der Waals surface area contributed by atoms with Gasteiger partial charge in [0.2, 0.25) is 5.91 Å². The Morgan fingerprint density at radius 1 is 0.789 bits per heavy atom. The van der Waals surface area contributed by atoms with Crippen LogP contribution in [0.3, 0.4) is 0 Å². The van der Waals surface area contributed by atoms with E-state index in [0.717, 1.165) is 44.8 Å². The zero-order valence-corrected chi connectivity index (χ0v) is 20.5. The fourth-order valence-corrected chi connectivity index (χ4v) is 4.66. The van der Waals surface area contributed by atoms with Crippen molar-refractivity contribution in [2.45, 2.75) is 6.42 Å². The Morgan fingerprint density at radius 3 is 2.32 bits per heavy atom. The maximum Gasteiger partial charge on any atom is 0.248 e. The van der Waals surface area contributed by atoms with Crippen LogP contribution in [-0.4, -0.2) is 25.4 Å². The molecule has 38 heavy (non-hydrogen) atoms. The van der Waals surface area contributed by atoms with Crippen LogP contribution in [0.5, 0.6) is 0 Å². The number of pyridine rings is 2. The van der Waals surface area contributed by atoms with E-state index >= 15 is 0 Å². The predicted octanol–water partition coefficient (Wildman–Crippen LogP) is 5.42. The van der Waals surface area contributed by atoms with Gasteiger partial charge in [0.05, 0.1) is 11.3 Å². The van der Waals surface area contributed by atoms with Crippen LogP contribution in [0.4, 0.5) is 5.82 Å². The molecule has 0 aliphatic carbocycles. The number of carbonyl (C=O) groups excluding carboxylic acids is 1. The molecule has 0 bridgehead atoms. The molecule has 4 N–H and O–H groups in total. The first-order valence-electron chi connectivity index (χ1n) is 12.2. The molecule has 7 nitrogen and oxygen atoms in total. The number of hydrogen-bond acceptors (Lipinski definition) is 5. The van der Waals surface area contributed by atoms with Gasteiger partial charge < -0.3 is 11.5 Å². The first-order chi connectivity index (χ1) is 18.6. The van der Waals surface area contributed by atoms with E-state index in [-0.39, 0.29) is 0 Å². The summed E-state index contributed by atoms with van der Waals surface area (Å²) in [6, 6.07) is 33.3. The van der Waals surface area contributed by atoms with E-state index in [4.69, 9.17) is 21.4 Å². The predicted molar refractivity (Wildman–Crippen MR) is 150 cm³/mol. The van der Waals surface area contributed by atoms with Gasteiger partial charge in [-0.05, 0) is 60.0 Å². The number of imidazole rings is 1. The van der Waals surface area contributed by atoms with Gasteiger partial charge >= 0.3 is 0 Å². The summed E-state index contributed by atoms with van der Waals surface area (Å²) in [4.78, 5) is 26.1. The molecule has 0 saturated heterocycles. The van der Waals surface area contributed by atoms with Crippen molar-refractivity contribution in [2.24, 2.45) is 5.73 Å². The van der Waals surface area contributed by atoms with Crippen LogP contribution >= 0.6 is 0 Å². The topological polar surface area (TPSA) is 113 Å². The summed E-state index contributed by atoms with van der Waals surface area (Å²) < 4.78 is 2.01. The number of anilines is 1. The Hall–Kier alpha value is -5.30. The molecule has 0 radical (unpaired) electrons. The van der Waals surface area contributed by atoms with Crippen molar-refractivity contribution in [1.82, 2.24) is 19.5 Å². The standard InChI is InChI=1S/C31H24N6O/c32-28-25(11-6-18-34-28)30-36-27-17-16-26(21-7-2-1-3-8-21)35-31(27)37(30)23-14-12-20(13-15-23)19-22-9-4-5-10-24(22)29(33)38/h1-18H,19H2,(H2,32,34)(H2,33,38). The number of aromatic nitrogens is 4. The zero-order chi connectivity index (χ0) is 26.1. The van der Waals surface area contributed by atoms with Crippen LogP contribution in [0.15, 0.2) is 109 Å². The molecule has 3 heterocycles. The quantitative estimate of drug-likeness (QED) is 0.320. The second-order valence-electron chi connectivity index (χ2n) is 8.98. The SMILES string of the molecule is NC(=O)c1ccccc1Cc1ccc(-n2c(-c3cccnc3N)nc3ccc(-c4ccccc4)nc32)cc1. The van der Waals surface area contributed by atoms with Crippen LogP contribution in [0.2, 0.25) is 0 Å². The van der Waals surface area contributed by atoms with Crippen molar-refractivity contribution in [2.75, 3.05) is 5.73 Å². The van der Waals surface area contributed by atoms with Gasteiger partial charge in [-0.2, -0.15) is 0 Å². The molecule has 6 rings (SSSR count). The molecule has 0 saturated carbocycles. The number of rotatable bonds is 6. The fourth-order valence-electron chi connectivity index (χ4n) is 4.66. The zero-order valence-electron chi connectivity index (χ0n) is 20.5. The number of nitrogens with two attached hydrogens (primary N) is 2. The molecule has 7 heteroatoms. The lowest BCUT2D eigenvalue weighted by Gasteiger charge is -2.12. The first kappa shape index (κ1) is 23.1. The third-order valence-electron chi connectivity index (χ3n) is 6.53. The molecule has 184 valence electrons. The average Bonchev–Trinajstić information content (AvgIpc) is 3.33. The maximum atomic E-state index is 11.9. The molecule has 6 aromatic rings. The summed E-state index contributed by atoms with van der Waals surface area (Å²) in [5.74, 6) is 0.628. The highest BCUT2D eigenvalue weighted by molar-refractivity contribution is 5.94. The lowest BCUT2D eigenvalue weighted by Crippen LogP contribution is -2.13. The van der Waals surface area contributed by atoms with Crippen molar-refractivity contribution in [3.05, 3.63) is 126 Å². The largest absolute Gasteiger partial charge is 0.383 e. The molecule has 0 aliphatic rings. The third-order valence-corrected chi connectivity index (χ3v) is 6.53. The molecule has 0 aliphatic heterocycles. The Kier molecular flexibility index (Phi) is 5.86. The molecule has 1 amide bonds. The fraction of sp³-hybridized carbons (Fsp3) is 0.0323. The van der Waals surface area contributed by atoms with Crippen LogP contribution in [0, 0.1) is 0 Å². The Bertz CT molecular complexity index is 1770. The third kappa shape index (κ3) is 4.26. The monoisotopic (exact) mass is 496 g/mol. The highest BCUT2D eigenvalue weighted by atomic mass is 16.1. The Balaban J connectivity index is 1.48. The van der Waals surface area contributed by atoms with Crippen molar-refractivity contribution < 1.29 is 4.79 Å². The van der Waals surface area contributed by atoms with E-state index < -0.39 is 5.91 Å². The summed E-state index contributed by atoms with van der Waals surface area (Å²) in [6.45, 7) is 0. The van der Waals surface area contributed by atoms with E-state index in [1.54, 1.807) is 12.3 Å². The smallest absolute Gasteiger partial charge is 0.248 e. The molecule has 0 spiro atoms. The van der Waals surface area contributed by atoms with E-state index in [0.29, 0.717) is 23.6 Å². The lowest BCUT2D eigenvalue weighted by molar-refractivity contribution is 0.0999. The molecular weight excluding hydrogens is 472 g/mol. The molecule has 0 fully saturated rings. The molecule has 3 aromatic heterocycles. The van der Waals surface area contributed by atoms with Crippen molar-refractivity contribution in [1.29, 1.82) is 0 Å². The number of nitrogens with zero attached hydrogens (tertiary/aromatic N) is 4. The second-order valence-corrected chi connectivity index (χ2v) is 8.98. The van der Waals surface area contributed by atoms with Gasteiger partial charge in [0.25, 0.3) is 0 Å². The number of carbonyl (C=O) groups is 1. The second kappa shape index (κ2) is 9.63. The minimum atomic E-state index is -0.430. The normalized spacial score (nSPS) is 11.1. The van der Waals surface area contributed by atoms with E-state index in [1.807, 2.05) is 102 Å². The summed E-state index contributed by atoms with van der Waals surface area (Å²) >= 11 is 0. The maximum absolute atomic E-state index is 11.9. The van der Waals surface area contributed by atoms with Gasteiger partial charge in [-0.15, -0.1) is 0 Å². The minimum absolute atomic E-state index is 0.395. The number of amides is 1. The molecule has 0 unspecified atom stereocenters. The van der Waals surface area contributed by atoms with Crippen LogP contribution < -0.4 is 11.5 Å². The number of primary amides is 1.